The molecule has 25 heavy (non-hydrogen) atoms. The third kappa shape index (κ3) is 3.61. The van der Waals surface area contributed by atoms with Crippen molar-refractivity contribution in [1.29, 1.82) is 5.26 Å². The summed E-state index contributed by atoms with van der Waals surface area (Å²) in [5.41, 5.74) is 0.906. The molecular weight excluding hydrogens is 338 g/mol. The van der Waals surface area contributed by atoms with Crippen LogP contribution in [-0.4, -0.2) is 28.9 Å². The molecule has 2 heterocycles. The van der Waals surface area contributed by atoms with Crippen molar-refractivity contribution in [3.05, 3.63) is 48.2 Å². The van der Waals surface area contributed by atoms with E-state index < -0.39 is 10.0 Å². The molecule has 0 saturated carbocycles. The fourth-order valence-electron chi connectivity index (χ4n) is 2.41. The number of nitriles is 1. The molecule has 128 valence electrons. The van der Waals surface area contributed by atoms with E-state index in [4.69, 9.17) is 0 Å². The summed E-state index contributed by atoms with van der Waals surface area (Å²) in [6.07, 6.45) is 2.63. The summed E-state index contributed by atoms with van der Waals surface area (Å²) in [6, 6.07) is 13.2. The van der Waals surface area contributed by atoms with Crippen molar-refractivity contribution in [3.63, 3.8) is 0 Å². The largest absolute Gasteiger partial charge is 0.266 e. The molecule has 0 aliphatic carbocycles. The summed E-state index contributed by atoms with van der Waals surface area (Å²) in [4.78, 5) is 4.50. The maximum Gasteiger partial charge on any atom is 0.233 e. The number of para-hydroxylation sites is 1. The van der Waals surface area contributed by atoms with Gasteiger partial charge in [-0.25, -0.2) is 13.4 Å². The van der Waals surface area contributed by atoms with Crippen LogP contribution < -0.4 is 4.72 Å². The van der Waals surface area contributed by atoms with Gasteiger partial charge in [-0.1, -0.05) is 31.5 Å². The Kier molecular flexibility index (Phi) is 4.67. The molecular formula is C17H17N5O2S. The van der Waals surface area contributed by atoms with Crippen LogP contribution in [0.2, 0.25) is 0 Å². The minimum Gasteiger partial charge on any atom is -0.266 e. The van der Waals surface area contributed by atoms with Crippen molar-refractivity contribution >= 4 is 26.7 Å². The fraction of sp³-hybridized carbons (Fsp3) is 0.235. The van der Waals surface area contributed by atoms with Gasteiger partial charge in [-0.2, -0.15) is 15.0 Å². The lowest BCUT2D eigenvalue weighted by Gasteiger charge is -2.11. The number of rotatable bonds is 6. The van der Waals surface area contributed by atoms with E-state index in [0.717, 1.165) is 17.3 Å². The SMILES string of the molecule is CCCCS(=O)(=O)Nc1c(C#N)cnn1-c1ccc2ccccc2n1. The number of sulfonamides is 1. The summed E-state index contributed by atoms with van der Waals surface area (Å²) in [6.45, 7) is 1.92. The van der Waals surface area contributed by atoms with E-state index in [1.807, 2.05) is 43.3 Å². The second-order valence-electron chi connectivity index (χ2n) is 5.57. The number of hydrogen-bond acceptors (Lipinski definition) is 5. The van der Waals surface area contributed by atoms with Gasteiger partial charge in [-0.15, -0.1) is 0 Å². The molecule has 0 radical (unpaired) electrons. The van der Waals surface area contributed by atoms with Gasteiger partial charge in [-0.3, -0.25) is 4.72 Å². The number of unbranched alkanes of at least 4 members (excludes halogenated alkanes) is 1. The second kappa shape index (κ2) is 6.91. The molecule has 0 aliphatic heterocycles. The standard InChI is InChI=1S/C17H17N5O2S/c1-2-3-10-25(23,24)21-17-14(11-18)12-19-22(17)16-9-8-13-6-4-5-7-15(13)20-16/h4-9,12,21H,2-3,10H2,1H3. The van der Waals surface area contributed by atoms with E-state index in [1.54, 1.807) is 6.07 Å². The second-order valence-corrected chi connectivity index (χ2v) is 7.41. The number of nitrogens with one attached hydrogen (secondary N) is 1. The first-order valence-electron chi connectivity index (χ1n) is 7.89. The van der Waals surface area contributed by atoms with Gasteiger partial charge in [0.25, 0.3) is 0 Å². The fourth-order valence-corrected chi connectivity index (χ4v) is 3.67. The van der Waals surface area contributed by atoms with Crippen LogP contribution in [0.15, 0.2) is 42.6 Å². The predicted octanol–water partition coefficient (Wildman–Crippen LogP) is 2.83. The van der Waals surface area contributed by atoms with Gasteiger partial charge < -0.3 is 0 Å². The summed E-state index contributed by atoms with van der Waals surface area (Å²) in [5.74, 6) is 0.541. The van der Waals surface area contributed by atoms with E-state index in [2.05, 4.69) is 14.8 Å². The lowest BCUT2D eigenvalue weighted by molar-refractivity contribution is 0.597. The molecule has 7 nitrogen and oxygen atoms in total. The van der Waals surface area contributed by atoms with E-state index in [-0.39, 0.29) is 17.1 Å². The normalized spacial score (nSPS) is 11.4. The zero-order valence-corrected chi connectivity index (χ0v) is 14.5. The number of aromatic nitrogens is 3. The monoisotopic (exact) mass is 355 g/mol. The number of hydrogen-bond donors (Lipinski definition) is 1. The molecule has 0 spiro atoms. The van der Waals surface area contributed by atoms with Gasteiger partial charge >= 0.3 is 0 Å². The molecule has 3 rings (SSSR count). The highest BCUT2D eigenvalue weighted by Gasteiger charge is 2.19. The molecule has 0 saturated heterocycles. The molecule has 0 fully saturated rings. The van der Waals surface area contributed by atoms with E-state index in [1.165, 1.54) is 10.9 Å². The van der Waals surface area contributed by atoms with Crippen molar-refractivity contribution in [2.75, 3.05) is 10.5 Å². The van der Waals surface area contributed by atoms with Crippen LogP contribution in [0.1, 0.15) is 25.3 Å². The Balaban J connectivity index is 2.04. The van der Waals surface area contributed by atoms with Gasteiger partial charge in [-0.05, 0) is 24.6 Å². The smallest absolute Gasteiger partial charge is 0.233 e. The average molecular weight is 355 g/mol. The van der Waals surface area contributed by atoms with Gasteiger partial charge in [0, 0.05) is 5.39 Å². The molecule has 2 aromatic heterocycles. The van der Waals surface area contributed by atoms with Gasteiger partial charge in [0.1, 0.15) is 11.6 Å². The molecule has 0 aliphatic rings. The van der Waals surface area contributed by atoms with E-state index in [0.29, 0.717) is 12.2 Å². The van der Waals surface area contributed by atoms with Crippen LogP contribution >= 0.6 is 0 Å². The maximum absolute atomic E-state index is 12.2. The summed E-state index contributed by atoms with van der Waals surface area (Å²) in [5, 5.41) is 14.4. The van der Waals surface area contributed by atoms with Gasteiger partial charge in [0.2, 0.25) is 10.0 Å². The Hall–Kier alpha value is -2.92. The lowest BCUT2D eigenvalue weighted by atomic mass is 10.2. The number of anilines is 1. The number of nitrogens with zero attached hydrogens (tertiary/aromatic N) is 4. The third-order valence-corrected chi connectivity index (χ3v) is 5.04. The Morgan fingerprint density at radius 2 is 2.04 bits per heavy atom. The first-order valence-corrected chi connectivity index (χ1v) is 9.54. The molecule has 0 amide bonds. The Morgan fingerprint density at radius 3 is 2.80 bits per heavy atom. The topological polar surface area (TPSA) is 101 Å². The average Bonchev–Trinajstić information content (AvgIpc) is 3.01. The maximum atomic E-state index is 12.2. The minimum absolute atomic E-state index is 0.00923. The van der Waals surface area contributed by atoms with Crippen molar-refractivity contribution < 1.29 is 8.42 Å². The number of pyridine rings is 1. The van der Waals surface area contributed by atoms with Gasteiger partial charge in [0.15, 0.2) is 11.6 Å². The van der Waals surface area contributed by atoms with Crippen LogP contribution in [-0.2, 0) is 10.0 Å². The van der Waals surface area contributed by atoms with Crippen LogP contribution in [0.4, 0.5) is 5.82 Å². The van der Waals surface area contributed by atoms with Crippen molar-refractivity contribution in [2.45, 2.75) is 19.8 Å². The molecule has 0 bridgehead atoms. The molecule has 0 atom stereocenters. The zero-order chi connectivity index (χ0) is 17.9. The highest BCUT2D eigenvalue weighted by molar-refractivity contribution is 7.92. The molecule has 8 heteroatoms. The molecule has 0 unspecified atom stereocenters. The van der Waals surface area contributed by atoms with Crippen LogP contribution in [0.25, 0.3) is 16.7 Å². The van der Waals surface area contributed by atoms with E-state index in [9.17, 15) is 13.7 Å². The summed E-state index contributed by atoms with van der Waals surface area (Å²) in [7, 11) is -3.56. The number of benzene rings is 1. The van der Waals surface area contributed by atoms with E-state index >= 15 is 0 Å². The van der Waals surface area contributed by atoms with Crippen LogP contribution in [0.3, 0.4) is 0 Å². The number of fused-ring (bicyclic) bond motifs is 1. The Labute approximate surface area is 146 Å². The zero-order valence-electron chi connectivity index (χ0n) is 13.7. The van der Waals surface area contributed by atoms with Crippen molar-refractivity contribution in [3.8, 4) is 11.9 Å². The van der Waals surface area contributed by atoms with Gasteiger partial charge in [0.05, 0.1) is 17.5 Å². The molecule has 1 aromatic carbocycles. The predicted molar refractivity (Wildman–Crippen MR) is 95.9 cm³/mol. The molecule has 3 aromatic rings. The quantitative estimate of drug-likeness (QED) is 0.733. The summed E-state index contributed by atoms with van der Waals surface area (Å²) < 4.78 is 28.3. The third-order valence-electron chi connectivity index (χ3n) is 3.71. The first-order chi connectivity index (χ1) is 12.0. The molecule has 1 N–H and O–H groups in total. The highest BCUT2D eigenvalue weighted by Crippen LogP contribution is 2.22. The lowest BCUT2D eigenvalue weighted by Crippen LogP contribution is -2.19. The summed E-state index contributed by atoms with van der Waals surface area (Å²) >= 11 is 0. The first kappa shape index (κ1) is 16.9. The van der Waals surface area contributed by atoms with Crippen LogP contribution in [0, 0.1) is 11.3 Å². The van der Waals surface area contributed by atoms with Crippen molar-refractivity contribution in [2.24, 2.45) is 0 Å². The minimum atomic E-state index is -3.56. The Morgan fingerprint density at radius 1 is 1.24 bits per heavy atom. The Bertz CT molecular complexity index is 1050. The van der Waals surface area contributed by atoms with Crippen molar-refractivity contribution in [1.82, 2.24) is 14.8 Å². The van der Waals surface area contributed by atoms with Crippen LogP contribution in [0.5, 0.6) is 0 Å². The highest BCUT2D eigenvalue weighted by atomic mass is 32.2.